The molecule has 2 aromatic carbocycles. The first-order valence-corrected chi connectivity index (χ1v) is 9.31. The third-order valence-electron chi connectivity index (χ3n) is 4.41. The molecule has 8 heteroatoms. The largest absolute Gasteiger partial charge is 0.488 e. The van der Waals surface area contributed by atoms with E-state index in [4.69, 9.17) is 4.74 Å². The maximum atomic E-state index is 13.2. The van der Waals surface area contributed by atoms with Crippen molar-refractivity contribution in [3.63, 3.8) is 0 Å². The Morgan fingerprint density at radius 2 is 2.00 bits per heavy atom. The van der Waals surface area contributed by atoms with Gasteiger partial charge in [0.15, 0.2) is 0 Å². The van der Waals surface area contributed by atoms with Crippen LogP contribution in [-0.4, -0.2) is 24.2 Å². The molecule has 0 fully saturated rings. The molecular formula is C20H17BrF3NO3. The number of hydrogen-bond donors (Lipinski definition) is 2. The molecule has 1 heterocycles. The van der Waals surface area contributed by atoms with Gasteiger partial charge >= 0.3 is 12.1 Å². The Morgan fingerprint density at radius 3 is 2.64 bits per heavy atom. The third kappa shape index (κ3) is 4.56. The zero-order chi connectivity index (χ0) is 20.3. The van der Waals surface area contributed by atoms with E-state index in [0.29, 0.717) is 28.6 Å². The molecule has 0 saturated carbocycles. The van der Waals surface area contributed by atoms with E-state index in [2.05, 4.69) is 21.2 Å². The van der Waals surface area contributed by atoms with Crippen LogP contribution in [0.4, 0.5) is 13.2 Å². The standard InChI is InChI=1S/C20H17BrF3NO3/c21-17-9-13(11-28-18-4-2-1-3-16(18)20(22,23)24)14(10-15(17)19(26)27)12-5-7-25-8-6-12/h1-5,9-10,25H,6-8,11H2,(H,26,27). The molecule has 0 bridgehead atoms. The number of aromatic carboxylic acids is 1. The van der Waals surface area contributed by atoms with Gasteiger partial charge in [0.1, 0.15) is 12.4 Å². The second kappa shape index (κ2) is 8.36. The Balaban J connectivity index is 1.97. The van der Waals surface area contributed by atoms with Crippen LogP contribution in [0.15, 0.2) is 46.9 Å². The lowest BCUT2D eigenvalue weighted by atomic mass is 9.94. The summed E-state index contributed by atoms with van der Waals surface area (Å²) in [4.78, 5) is 11.5. The van der Waals surface area contributed by atoms with E-state index < -0.39 is 17.7 Å². The van der Waals surface area contributed by atoms with Gasteiger partial charge in [-0.25, -0.2) is 4.79 Å². The summed E-state index contributed by atoms with van der Waals surface area (Å²) in [5.41, 5.74) is 1.47. The van der Waals surface area contributed by atoms with Crippen molar-refractivity contribution < 1.29 is 27.8 Å². The fraction of sp³-hybridized carbons (Fsp3) is 0.250. The SMILES string of the molecule is O=C(O)c1cc(C2=CCNCC2)c(COc2ccccc2C(F)(F)F)cc1Br. The highest BCUT2D eigenvalue weighted by molar-refractivity contribution is 9.10. The summed E-state index contributed by atoms with van der Waals surface area (Å²) in [6.07, 6.45) is -1.89. The zero-order valence-electron chi connectivity index (χ0n) is 14.6. The number of alkyl halides is 3. The van der Waals surface area contributed by atoms with Gasteiger partial charge in [0.25, 0.3) is 0 Å². The molecule has 28 heavy (non-hydrogen) atoms. The predicted molar refractivity (Wildman–Crippen MR) is 102 cm³/mol. The first kappa shape index (κ1) is 20.4. The topological polar surface area (TPSA) is 58.6 Å². The molecule has 0 amide bonds. The van der Waals surface area contributed by atoms with Crippen LogP contribution in [0.25, 0.3) is 5.57 Å². The molecule has 4 nitrogen and oxygen atoms in total. The molecule has 2 N–H and O–H groups in total. The minimum absolute atomic E-state index is 0.0916. The number of carboxylic acids is 1. The normalized spacial score (nSPS) is 14.5. The lowest BCUT2D eigenvalue weighted by Gasteiger charge is -2.20. The molecule has 0 unspecified atom stereocenters. The van der Waals surface area contributed by atoms with Gasteiger partial charge in [-0.3, -0.25) is 0 Å². The number of ether oxygens (including phenoxy) is 1. The quantitative estimate of drug-likeness (QED) is 0.656. The highest BCUT2D eigenvalue weighted by atomic mass is 79.9. The lowest BCUT2D eigenvalue weighted by Crippen LogP contribution is -2.20. The summed E-state index contributed by atoms with van der Waals surface area (Å²) < 4.78 is 45.4. The van der Waals surface area contributed by atoms with Gasteiger partial charge in [-0.15, -0.1) is 0 Å². The van der Waals surface area contributed by atoms with Crippen LogP contribution in [0.3, 0.4) is 0 Å². The summed E-state index contributed by atoms with van der Waals surface area (Å²) in [6.45, 7) is 1.26. The van der Waals surface area contributed by atoms with Crippen molar-refractivity contribution in [1.29, 1.82) is 0 Å². The molecule has 0 aliphatic carbocycles. The van der Waals surface area contributed by atoms with E-state index in [1.54, 1.807) is 6.07 Å². The first-order valence-electron chi connectivity index (χ1n) is 8.52. The zero-order valence-corrected chi connectivity index (χ0v) is 16.2. The van der Waals surface area contributed by atoms with Crippen LogP contribution < -0.4 is 10.1 Å². The molecule has 1 aliphatic rings. The van der Waals surface area contributed by atoms with E-state index in [1.807, 2.05) is 6.08 Å². The number of nitrogens with one attached hydrogen (secondary N) is 1. The fourth-order valence-electron chi connectivity index (χ4n) is 3.05. The van der Waals surface area contributed by atoms with Crippen LogP contribution in [0, 0.1) is 0 Å². The van der Waals surface area contributed by atoms with Crippen molar-refractivity contribution in [1.82, 2.24) is 5.32 Å². The number of para-hydroxylation sites is 1. The Labute approximate surface area is 168 Å². The summed E-state index contributed by atoms with van der Waals surface area (Å²) >= 11 is 3.23. The van der Waals surface area contributed by atoms with E-state index in [0.717, 1.165) is 18.2 Å². The lowest BCUT2D eigenvalue weighted by molar-refractivity contribution is -0.139. The number of carbonyl (C=O) groups is 1. The fourth-order valence-corrected chi connectivity index (χ4v) is 3.61. The molecule has 3 rings (SSSR count). The number of halogens is 4. The van der Waals surface area contributed by atoms with Crippen LogP contribution >= 0.6 is 15.9 Å². The summed E-state index contributed by atoms with van der Waals surface area (Å²) in [5.74, 6) is -1.35. The number of benzene rings is 2. The Morgan fingerprint density at radius 1 is 1.25 bits per heavy atom. The first-order chi connectivity index (χ1) is 13.3. The Bertz CT molecular complexity index is 925. The van der Waals surface area contributed by atoms with Gasteiger partial charge < -0.3 is 15.2 Å². The Kier molecular flexibility index (Phi) is 6.10. The minimum atomic E-state index is -4.52. The van der Waals surface area contributed by atoms with Gasteiger partial charge in [-0.2, -0.15) is 13.2 Å². The molecule has 148 valence electrons. The Hall–Kier alpha value is -2.32. The number of carboxylic acid groups (broad SMARTS) is 1. The van der Waals surface area contributed by atoms with Gasteiger partial charge in [0.2, 0.25) is 0 Å². The second-order valence-corrected chi connectivity index (χ2v) is 7.11. The van der Waals surface area contributed by atoms with E-state index in [1.165, 1.54) is 24.3 Å². The number of rotatable bonds is 5. The molecular weight excluding hydrogens is 439 g/mol. The molecule has 0 aromatic heterocycles. The van der Waals surface area contributed by atoms with Gasteiger partial charge in [-0.1, -0.05) is 18.2 Å². The van der Waals surface area contributed by atoms with Crippen molar-refractivity contribution in [3.8, 4) is 5.75 Å². The molecule has 1 aliphatic heterocycles. The van der Waals surface area contributed by atoms with Crippen molar-refractivity contribution in [2.45, 2.75) is 19.2 Å². The maximum Gasteiger partial charge on any atom is 0.419 e. The molecule has 0 atom stereocenters. The van der Waals surface area contributed by atoms with E-state index >= 15 is 0 Å². The van der Waals surface area contributed by atoms with Crippen molar-refractivity contribution in [3.05, 3.63) is 69.2 Å². The highest BCUT2D eigenvalue weighted by Crippen LogP contribution is 2.37. The van der Waals surface area contributed by atoms with Crippen molar-refractivity contribution >= 4 is 27.5 Å². The van der Waals surface area contributed by atoms with Gasteiger partial charge in [-0.05, 0) is 69.9 Å². The summed E-state index contributed by atoms with van der Waals surface area (Å²) in [7, 11) is 0. The third-order valence-corrected chi connectivity index (χ3v) is 5.06. The van der Waals surface area contributed by atoms with Gasteiger partial charge in [0.05, 0.1) is 11.1 Å². The van der Waals surface area contributed by atoms with Crippen LogP contribution in [0.5, 0.6) is 5.75 Å². The van der Waals surface area contributed by atoms with Crippen molar-refractivity contribution in [2.75, 3.05) is 13.1 Å². The second-order valence-electron chi connectivity index (χ2n) is 6.26. The number of hydrogen-bond acceptors (Lipinski definition) is 3. The van der Waals surface area contributed by atoms with E-state index in [-0.39, 0.29) is 17.9 Å². The minimum Gasteiger partial charge on any atom is -0.488 e. The van der Waals surface area contributed by atoms with Crippen molar-refractivity contribution in [2.24, 2.45) is 0 Å². The highest BCUT2D eigenvalue weighted by Gasteiger charge is 2.34. The molecule has 0 spiro atoms. The average molecular weight is 456 g/mol. The smallest absolute Gasteiger partial charge is 0.419 e. The predicted octanol–water partition coefficient (Wildman–Crippen LogP) is 5.12. The summed E-state index contributed by atoms with van der Waals surface area (Å²) in [5, 5.41) is 12.6. The molecule has 0 saturated heterocycles. The molecule has 2 aromatic rings. The van der Waals surface area contributed by atoms with E-state index in [9.17, 15) is 23.1 Å². The monoisotopic (exact) mass is 455 g/mol. The maximum absolute atomic E-state index is 13.2. The van der Waals surface area contributed by atoms with Crippen LogP contribution in [-0.2, 0) is 12.8 Å². The van der Waals surface area contributed by atoms with Gasteiger partial charge in [0, 0.05) is 11.0 Å². The summed E-state index contributed by atoms with van der Waals surface area (Å²) in [6, 6.07) is 8.15. The average Bonchev–Trinajstić information content (AvgIpc) is 2.66. The van der Waals surface area contributed by atoms with Crippen LogP contribution in [0.2, 0.25) is 0 Å². The van der Waals surface area contributed by atoms with Crippen LogP contribution in [0.1, 0.15) is 33.5 Å². The molecule has 0 radical (unpaired) electrons.